The molecule has 0 spiro atoms. The van der Waals surface area contributed by atoms with Crippen molar-refractivity contribution < 1.29 is 16.8 Å². The second-order valence-electron chi connectivity index (χ2n) is 5.56. The van der Waals surface area contributed by atoms with E-state index in [2.05, 4.69) is 24.5 Å². The summed E-state index contributed by atoms with van der Waals surface area (Å²) in [6.07, 6.45) is 4.20. The Morgan fingerprint density at radius 2 is 1.56 bits per heavy atom. The van der Waals surface area contributed by atoms with Crippen LogP contribution in [0.25, 0.3) is 0 Å². The molecule has 0 unspecified atom stereocenters. The van der Waals surface area contributed by atoms with Gasteiger partial charge in [-0.1, -0.05) is 0 Å². The lowest BCUT2D eigenvalue weighted by atomic mass is 10.3. The molecule has 1 aromatic carbocycles. The number of sulfonamides is 2. The lowest BCUT2D eigenvalue weighted by Gasteiger charge is -2.09. The Bertz CT molecular complexity index is 1160. The number of aromatic nitrogens is 4. The maximum atomic E-state index is 12.4. The molecule has 0 bridgehead atoms. The van der Waals surface area contributed by atoms with Crippen LogP contribution >= 0.6 is 0 Å². The molecule has 0 aliphatic carbocycles. The summed E-state index contributed by atoms with van der Waals surface area (Å²) < 4.78 is 55.6. The smallest absolute Gasteiger partial charge is 0.265 e. The molecule has 27 heavy (non-hydrogen) atoms. The third-order valence-electron chi connectivity index (χ3n) is 3.47. The van der Waals surface area contributed by atoms with Gasteiger partial charge in [0.2, 0.25) is 5.95 Å². The third kappa shape index (κ3) is 4.23. The van der Waals surface area contributed by atoms with E-state index in [0.29, 0.717) is 5.69 Å². The van der Waals surface area contributed by atoms with Crippen LogP contribution in [-0.4, -0.2) is 36.6 Å². The number of rotatable bonds is 6. The molecule has 142 valence electrons. The first kappa shape index (κ1) is 18.8. The predicted molar refractivity (Wildman–Crippen MR) is 98.0 cm³/mol. The van der Waals surface area contributed by atoms with E-state index >= 15 is 0 Å². The first-order valence-corrected chi connectivity index (χ1v) is 10.6. The third-order valence-corrected chi connectivity index (χ3v) is 6.29. The van der Waals surface area contributed by atoms with Crippen LogP contribution < -0.4 is 9.44 Å². The van der Waals surface area contributed by atoms with Crippen LogP contribution in [-0.2, 0) is 27.1 Å². The Morgan fingerprint density at radius 1 is 0.926 bits per heavy atom. The number of benzene rings is 1. The quantitative estimate of drug-likeness (QED) is 0.624. The molecular weight excluding hydrogens is 392 g/mol. The molecule has 0 fully saturated rings. The van der Waals surface area contributed by atoms with E-state index in [0.717, 1.165) is 0 Å². The molecule has 0 saturated carbocycles. The molecule has 0 amide bonds. The summed E-state index contributed by atoms with van der Waals surface area (Å²) >= 11 is 0. The Kier molecular flexibility index (Phi) is 4.85. The van der Waals surface area contributed by atoms with Gasteiger partial charge in [-0.15, -0.1) is 0 Å². The normalized spacial score (nSPS) is 11.9. The zero-order valence-electron chi connectivity index (χ0n) is 14.4. The highest BCUT2D eigenvalue weighted by molar-refractivity contribution is 7.93. The summed E-state index contributed by atoms with van der Waals surface area (Å²) in [5, 5.41) is 4.00. The standard InChI is InChI=1S/C15H16N6O4S2/c1-11-14(10-21(2)18-11)27(24,25)19-12-4-6-13(7-5-12)26(22,23)20-15-16-8-3-9-17-15/h3-10,19H,1-2H3,(H,16,17,20). The van der Waals surface area contributed by atoms with Gasteiger partial charge in [0.15, 0.2) is 0 Å². The van der Waals surface area contributed by atoms with E-state index in [1.807, 2.05) is 0 Å². The summed E-state index contributed by atoms with van der Waals surface area (Å²) in [6, 6.07) is 6.81. The Balaban J connectivity index is 1.80. The number of aryl methyl sites for hydroxylation is 2. The second-order valence-corrected chi connectivity index (χ2v) is 8.89. The van der Waals surface area contributed by atoms with Crippen molar-refractivity contribution in [3.05, 3.63) is 54.6 Å². The van der Waals surface area contributed by atoms with Crippen molar-refractivity contribution in [2.45, 2.75) is 16.7 Å². The SMILES string of the molecule is Cc1nn(C)cc1S(=O)(=O)Nc1ccc(S(=O)(=O)Nc2ncccn2)cc1. The van der Waals surface area contributed by atoms with Crippen molar-refractivity contribution in [3.63, 3.8) is 0 Å². The van der Waals surface area contributed by atoms with Gasteiger partial charge in [-0.05, 0) is 37.3 Å². The first-order valence-electron chi connectivity index (χ1n) is 7.60. The Hall–Kier alpha value is -2.99. The van der Waals surface area contributed by atoms with Gasteiger partial charge in [-0.2, -0.15) is 5.10 Å². The van der Waals surface area contributed by atoms with Crippen LogP contribution in [0.5, 0.6) is 0 Å². The highest BCUT2D eigenvalue weighted by Crippen LogP contribution is 2.20. The molecular formula is C15H16N6O4S2. The fourth-order valence-corrected chi connectivity index (χ4v) is 4.52. The van der Waals surface area contributed by atoms with E-state index in [1.54, 1.807) is 20.0 Å². The largest absolute Gasteiger partial charge is 0.280 e. The Labute approximate surface area is 156 Å². The van der Waals surface area contributed by atoms with E-state index in [4.69, 9.17) is 0 Å². The first-order chi connectivity index (χ1) is 12.7. The van der Waals surface area contributed by atoms with Crippen LogP contribution in [0.1, 0.15) is 5.69 Å². The van der Waals surface area contributed by atoms with E-state index in [-0.39, 0.29) is 21.4 Å². The highest BCUT2D eigenvalue weighted by atomic mass is 32.2. The molecule has 2 aromatic heterocycles. The van der Waals surface area contributed by atoms with Gasteiger partial charge in [-0.3, -0.25) is 9.40 Å². The minimum absolute atomic E-state index is 0.0459. The van der Waals surface area contributed by atoms with Gasteiger partial charge in [0.1, 0.15) is 4.90 Å². The molecule has 0 aliphatic rings. The molecule has 3 aromatic rings. The fourth-order valence-electron chi connectivity index (χ4n) is 2.28. The van der Waals surface area contributed by atoms with E-state index in [9.17, 15) is 16.8 Å². The van der Waals surface area contributed by atoms with Crippen molar-refractivity contribution in [2.75, 3.05) is 9.44 Å². The number of hydrogen-bond donors (Lipinski definition) is 2. The molecule has 10 nitrogen and oxygen atoms in total. The van der Waals surface area contributed by atoms with Gasteiger partial charge in [0, 0.05) is 31.3 Å². The topological polar surface area (TPSA) is 136 Å². The van der Waals surface area contributed by atoms with Crippen LogP contribution in [0.3, 0.4) is 0 Å². The van der Waals surface area contributed by atoms with Crippen LogP contribution in [0.15, 0.2) is 58.7 Å². The Morgan fingerprint density at radius 3 is 2.11 bits per heavy atom. The van der Waals surface area contributed by atoms with Crippen molar-refractivity contribution in [3.8, 4) is 0 Å². The van der Waals surface area contributed by atoms with Gasteiger partial charge in [-0.25, -0.2) is 31.5 Å². The monoisotopic (exact) mass is 408 g/mol. The summed E-state index contributed by atoms with van der Waals surface area (Å²) in [4.78, 5) is 7.58. The minimum Gasteiger partial charge on any atom is -0.280 e. The lowest BCUT2D eigenvalue weighted by Crippen LogP contribution is -2.16. The fraction of sp³-hybridized carbons (Fsp3) is 0.133. The van der Waals surface area contributed by atoms with Gasteiger partial charge < -0.3 is 0 Å². The van der Waals surface area contributed by atoms with Crippen LogP contribution in [0.4, 0.5) is 11.6 Å². The van der Waals surface area contributed by atoms with Gasteiger partial charge in [0.05, 0.1) is 10.6 Å². The summed E-state index contributed by atoms with van der Waals surface area (Å²) in [5.74, 6) is -0.0608. The number of hydrogen-bond acceptors (Lipinski definition) is 7. The predicted octanol–water partition coefficient (Wildman–Crippen LogP) is 1.12. The molecule has 0 radical (unpaired) electrons. The molecule has 0 atom stereocenters. The molecule has 2 heterocycles. The van der Waals surface area contributed by atoms with E-state index < -0.39 is 20.0 Å². The van der Waals surface area contributed by atoms with E-state index in [1.165, 1.54) is 47.5 Å². The average Bonchev–Trinajstić information content (AvgIpc) is 2.95. The number of nitrogens with zero attached hydrogens (tertiary/aromatic N) is 4. The molecule has 0 aliphatic heterocycles. The zero-order chi connectivity index (χ0) is 19.7. The number of anilines is 2. The van der Waals surface area contributed by atoms with Crippen LogP contribution in [0, 0.1) is 6.92 Å². The number of nitrogens with one attached hydrogen (secondary N) is 2. The minimum atomic E-state index is -3.89. The van der Waals surface area contributed by atoms with Crippen molar-refractivity contribution in [1.82, 2.24) is 19.7 Å². The van der Waals surface area contributed by atoms with Gasteiger partial charge >= 0.3 is 0 Å². The second kappa shape index (κ2) is 6.96. The summed E-state index contributed by atoms with van der Waals surface area (Å²) in [7, 11) is -6.11. The highest BCUT2D eigenvalue weighted by Gasteiger charge is 2.21. The summed E-state index contributed by atoms with van der Waals surface area (Å²) in [6.45, 7) is 1.58. The van der Waals surface area contributed by atoms with Crippen LogP contribution in [0.2, 0.25) is 0 Å². The maximum absolute atomic E-state index is 12.4. The maximum Gasteiger partial charge on any atom is 0.265 e. The van der Waals surface area contributed by atoms with Crippen molar-refractivity contribution >= 4 is 31.7 Å². The van der Waals surface area contributed by atoms with Crippen molar-refractivity contribution in [2.24, 2.45) is 7.05 Å². The molecule has 0 saturated heterocycles. The molecule has 3 rings (SSSR count). The van der Waals surface area contributed by atoms with Crippen molar-refractivity contribution in [1.29, 1.82) is 0 Å². The van der Waals surface area contributed by atoms with Gasteiger partial charge in [0.25, 0.3) is 20.0 Å². The summed E-state index contributed by atoms with van der Waals surface area (Å²) in [5.41, 5.74) is 0.574. The molecule has 2 N–H and O–H groups in total. The lowest BCUT2D eigenvalue weighted by molar-refractivity contribution is 0.599. The zero-order valence-corrected chi connectivity index (χ0v) is 16.0. The average molecular weight is 408 g/mol. The molecule has 12 heteroatoms.